The van der Waals surface area contributed by atoms with E-state index in [1.165, 1.54) is 12.3 Å². The Balaban J connectivity index is 1.66. The average molecular weight is 471 g/mol. The van der Waals surface area contributed by atoms with Crippen LogP contribution in [0.1, 0.15) is 43.5 Å². The van der Waals surface area contributed by atoms with Crippen molar-refractivity contribution < 1.29 is 17.9 Å². The zero-order chi connectivity index (χ0) is 23.4. The Hall–Kier alpha value is -3.47. The number of carbonyl (C=O) groups is 1. The van der Waals surface area contributed by atoms with Crippen molar-refractivity contribution in [3.05, 3.63) is 48.3 Å². The molecular formula is C22H26N6O4S. The lowest BCUT2D eigenvalue weighted by Gasteiger charge is -2.29. The molecule has 0 aromatic carbocycles. The molecule has 10 nitrogen and oxygen atoms in total. The fraction of sp³-hybridized carbons (Fsp3) is 0.364. The molecule has 1 amide bonds. The minimum absolute atomic E-state index is 0.0167. The maximum Gasteiger partial charge on any atom is 0.281 e. The third kappa shape index (κ3) is 5.30. The Morgan fingerprint density at radius 2 is 1.91 bits per heavy atom. The summed E-state index contributed by atoms with van der Waals surface area (Å²) >= 11 is 0. The summed E-state index contributed by atoms with van der Waals surface area (Å²) in [5.41, 5.74) is 1.59. The summed E-state index contributed by atoms with van der Waals surface area (Å²) in [6.45, 7) is 5.34. The van der Waals surface area contributed by atoms with E-state index in [2.05, 4.69) is 19.9 Å². The van der Waals surface area contributed by atoms with Crippen LogP contribution in [0.4, 0.5) is 5.82 Å². The Morgan fingerprint density at radius 3 is 2.55 bits per heavy atom. The second-order valence-electron chi connectivity index (χ2n) is 8.02. The highest BCUT2D eigenvalue weighted by Crippen LogP contribution is 2.27. The molecule has 4 rings (SSSR count). The van der Waals surface area contributed by atoms with Crippen molar-refractivity contribution in [3.8, 4) is 17.1 Å². The number of ether oxygens (including phenoxy) is 1. The topological polar surface area (TPSA) is 130 Å². The van der Waals surface area contributed by atoms with Gasteiger partial charge < -0.3 is 9.64 Å². The fourth-order valence-electron chi connectivity index (χ4n) is 3.60. The van der Waals surface area contributed by atoms with Gasteiger partial charge in [0.2, 0.25) is 5.88 Å². The van der Waals surface area contributed by atoms with Gasteiger partial charge in [-0.05, 0) is 57.4 Å². The molecule has 1 fully saturated rings. The van der Waals surface area contributed by atoms with E-state index in [0.29, 0.717) is 17.4 Å². The molecule has 0 saturated carbocycles. The molecule has 4 heterocycles. The molecule has 1 aliphatic rings. The van der Waals surface area contributed by atoms with E-state index in [4.69, 9.17) is 9.72 Å². The predicted octanol–water partition coefficient (Wildman–Crippen LogP) is 2.76. The van der Waals surface area contributed by atoms with Gasteiger partial charge >= 0.3 is 0 Å². The maximum absolute atomic E-state index is 13.0. The van der Waals surface area contributed by atoms with E-state index in [9.17, 15) is 13.2 Å². The van der Waals surface area contributed by atoms with Crippen LogP contribution in [0.2, 0.25) is 0 Å². The molecular weight excluding hydrogens is 444 g/mol. The van der Waals surface area contributed by atoms with Crippen LogP contribution < -0.4 is 14.4 Å². The van der Waals surface area contributed by atoms with Crippen LogP contribution in [0.25, 0.3) is 11.3 Å². The number of pyridine rings is 2. The molecule has 174 valence electrons. The molecule has 1 saturated heterocycles. The summed E-state index contributed by atoms with van der Waals surface area (Å²) in [7, 11) is -4.08. The standard InChI is InChI=1S/C22H26N6O4S/c1-15(2)32-19-9-6-16(14-23-19)18-8-7-17(21(25-18)28-12-4-3-5-13-28)22(29)27-33(30,31)20-10-11-24-26-20/h6-11,14-15H,3-5,12-13H2,1-2H3,(H,24,26)(H,27,29). The van der Waals surface area contributed by atoms with E-state index in [1.54, 1.807) is 24.4 Å². The molecule has 2 N–H and O–H groups in total. The third-order valence-corrected chi connectivity index (χ3v) is 6.42. The Bertz CT molecular complexity index is 1200. The molecule has 0 atom stereocenters. The summed E-state index contributed by atoms with van der Waals surface area (Å²) in [6.07, 6.45) is 6.04. The molecule has 0 unspecified atom stereocenters. The summed E-state index contributed by atoms with van der Waals surface area (Å²) in [4.78, 5) is 24.1. The smallest absolute Gasteiger partial charge is 0.281 e. The van der Waals surface area contributed by atoms with Crippen molar-refractivity contribution in [2.45, 2.75) is 44.2 Å². The lowest BCUT2D eigenvalue weighted by atomic mass is 10.1. The van der Waals surface area contributed by atoms with Gasteiger partial charge in [0.1, 0.15) is 5.82 Å². The largest absolute Gasteiger partial charge is 0.475 e. The molecule has 3 aromatic heterocycles. The first-order chi connectivity index (χ1) is 15.8. The Labute approximate surface area is 192 Å². The number of aromatic amines is 1. The zero-order valence-corrected chi connectivity index (χ0v) is 19.3. The number of carbonyl (C=O) groups excluding carboxylic acids is 1. The first kappa shape index (κ1) is 22.7. The van der Waals surface area contributed by atoms with E-state index in [0.717, 1.165) is 37.9 Å². The number of nitrogens with one attached hydrogen (secondary N) is 2. The lowest BCUT2D eigenvalue weighted by Crippen LogP contribution is -2.35. The van der Waals surface area contributed by atoms with Gasteiger partial charge in [-0.1, -0.05) is 0 Å². The first-order valence-electron chi connectivity index (χ1n) is 10.8. The van der Waals surface area contributed by atoms with Gasteiger partial charge in [-0.3, -0.25) is 9.89 Å². The Morgan fingerprint density at radius 1 is 1.12 bits per heavy atom. The molecule has 33 heavy (non-hydrogen) atoms. The molecule has 0 spiro atoms. The number of anilines is 1. The van der Waals surface area contributed by atoms with Gasteiger partial charge in [0.25, 0.3) is 15.9 Å². The monoisotopic (exact) mass is 470 g/mol. The number of H-pyrrole nitrogens is 1. The second kappa shape index (κ2) is 9.57. The minimum atomic E-state index is -4.08. The van der Waals surface area contributed by atoms with Crippen molar-refractivity contribution in [3.63, 3.8) is 0 Å². The number of piperidine rings is 1. The maximum atomic E-state index is 13.0. The summed E-state index contributed by atoms with van der Waals surface area (Å²) < 4.78 is 32.7. The van der Waals surface area contributed by atoms with E-state index in [-0.39, 0.29) is 16.7 Å². The van der Waals surface area contributed by atoms with Crippen LogP contribution in [0.5, 0.6) is 5.88 Å². The van der Waals surface area contributed by atoms with Crippen molar-refractivity contribution in [2.24, 2.45) is 0 Å². The van der Waals surface area contributed by atoms with Gasteiger partial charge in [0.05, 0.1) is 23.6 Å². The van der Waals surface area contributed by atoms with Crippen LogP contribution >= 0.6 is 0 Å². The summed E-state index contributed by atoms with van der Waals surface area (Å²) in [5.74, 6) is 0.222. The van der Waals surface area contributed by atoms with E-state index < -0.39 is 15.9 Å². The highest BCUT2D eigenvalue weighted by molar-refractivity contribution is 7.90. The molecule has 0 aliphatic carbocycles. The lowest BCUT2D eigenvalue weighted by molar-refractivity contribution is 0.0981. The number of nitrogens with zero attached hydrogens (tertiary/aromatic N) is 4. The normalized spacial score (nSPS) is 14.3. The quantitative estimate of drug-likeness (QED) is 0.539. The number of sulfonamides is 1. The molecule has 1 aliphatic heterocycles. The third-order valence-electron chi connectivity index (χ3n) is 5.16. The highest BCUT2D eigenvalue weighted by atomic mass is 32.2. The second-order valence-corrected chi connectivity index (χ2v) is 9.67. The van der Waals surface area contributed by atoms with Crippen LogP contribution in [0, 0.1) is 0 Å². The van der Waals surface area contributed by atoms with Crippen molar-refractivity contribution in [1.29, 1.82) is 0 Å². The van der Waals surface area contributed by atoms with Crippen LogP contribution in [0.15, 0.2) is 47.8 Å². The fourth-order valence-corrected chi connectivity index (χ4v) is 4.48. The van der Waals surface area contributed by atoms with Crippen LogP contribution in [-0.2, 0) is 10.0 Å². The van der Waals surface area contributed by atoms with E-state index >= 15 is 0 Å². The average Bonchev–Trinajstić information content (AvgIpc) is 3.35. The minimum Gasteiger partial charge on any atom is -0.475 e. The molecule has 0 bridgehead atoms. The van der Waals surface area contributed by atoms with Gasteiger partial charge in [-0.25, -0.2) is 14.7 Å². The molecule has 0 radical (unpaired) electrons. The first-order valence-corrected chi connectivity index (χ1v) is 12.3. The number of rotatable bonds is 7. The van der Waals surface area contributed by atoms with Crippen molar-refractivity contribution in [1.82, 2.24) is 24.9 Å². The highest BCUT2D eigenvalue weighted by Gasteiger charge is 2.25. The van der Waals surface area contributed by atoms with Gasteiger partial charge in [-0.2, -0.15) is 13.5 Å². The van der Waals surface area contributed by atoms with Crippen LogP contribution in [0.3, 0.4) is 0 Å². The number of hydrogen-bond acceptors (Lipinski definition) is 8. The Kier molecular flexibility index (Phi) is 6.59. The molecule has 11 heteroatoms. The molecule has 3 aromatic rings. The van der Waals surface area contributed by atoms with Crippen molar-refractivity contribution in [2.75, 3.05) is 18.0 Å². The SMILES string of the molecule is CC(C)Oc1ccc(-c2ccc(C(=O)NS(=O)(=O)c3ccn[nH]3)c(N3CCCCC3)n2)cn1. The zero-order valence-electron chi connectivity index (χ0n) is 18.5. The summed E-state index contributed by atoms with van der Waals surface area (Å²) in [5, 5.41) is 5.81. The van der Waals surface area contributed by atoms with Gasteiger partial charge in [0.15, 0.2) is 5.03 Å². The number of amides is 1. The number of hydrogen-bond donors (Lipinski definition) is 2. The van der Waals surface area contributed by atoms with Crippen LogP contribution in [-0.4, -0.2) is 53.7 Å². The van der Waals surface area contributed by atoms with Gasteiger partial charge in [0, 0.05) is 30.9 Å². The number of aromatic nitrogens is 4. The predicted molar refractivity (Wildman–Crippen MR) is 123 cm³/mol. The van der Waals surface area contributed by atoms with E-state index in [1.807, 2.05) is 24.8 Å². The van der Waals surface area contributed by atoms with Crippen molar-refractivity contribution >= 4 is 21.7 Å². The summed E-state index contributed by atoms with van der Waals surface area (Å²) in [6, 6.07) is 8.20. The van der Waals surface area contributed by atoms with Gasteiger partial charge in [-0.15, -0.1) is 0 Å².